The quantitative estimate of drug-likeness (QED) is 0.900. The first-order valence-corrected chi connectivity index (χ1v) is 6.42. The Morgan fingerprint density at radius 1 is 1.10 bits per heavy atom. The highest BCUT2D eigenvalue weighted by molar-refractivity contribution is 6.35. The van der Waals surface area contributed by atoms with Crippen LogP contribution in [0, 0.1) is 0 Å². The van der Waals surface area contributed by atoms with E-state index in [2.05, 4.69) is 5.32 Å². The first-order chi connectivity index (χ1) is 9.60. The monoisotopic (exact) mass is 311 g/mol. The number of nitrogens with one attached hydrogen (secondary N) is 1. The maximum atomic E-state index is 11.8. The van der Waals surface area contributed by atoms with Gasteiger partial charge >= 0.3 is 6.09 Å². The van der Waals surface area contributed by atoms with Crippen LogP contribution in [-0.4, -0.2) is 13.2 Å². The standard InChI is InChI=1S/C14H11Cl2NO3/c1-19-13-5-3-2-4-11(13)17-14(18)20-12-7-6-9(15)8-10(12)16/h2-8H,1H3,(H,17,18). The zero-order valence-corrected chi connectivity index (χ0v) is 12.0. The number of para-hydroxylation sites is 2. The van der Waals surface area contributed by atoms with Crippen molar-refractivity contribution in [1.82, 2.24) is 0 Å². The van der Waals surface area contributed by atoms with Gasteiger partial charge in [0.2, 0.25) is 0 Å². The van der Waals surface area contributed by atoms with E-state index in [0.29, 0.717) is 16.5 Å². The van der Waals surface area contributed by atoms with Gasteiger partial charge in [0.25, 0.3) is 0 Å². The van der Waals surface area contributed by atoms with Crippen LogP contribution in [0.4, 0.5) is 10.5 Å². The van der Waals surface area contributed by atoms with Crippen molar-refractivity contribution in [3.8, 4) is 11.5 Å². The van der Waals surface area contributed by atoms with Crippen molar-refractivity contribution in [2.24, 2.45) is 0 Å². The molecule has 0 aliphatic carbocycles. The van der Waals surface area contributed by atoms with Crippen molar-refractivity contribution in [2.75, 3.05) is 12.4 Å². The molecule has 0 unspecified atom stereocenters. The van der Waals surface area contributed by atoms with Crippen LogP contribution < -0.4 is 14.8 Å². The van der Waals surface area contributed by atoms with Crippen molar-refractivity contribution < 1.29 is 14.3 Å². The molecule has 0 aliphatic rings. The summed E-state index contributed by atoms with van der Waals surface area (Å²) in [5.74, 6) is 0.759. The van der Waals surface area contributed by atoms with Gasteiger partial charge in [0.1, 0.15) is 5.75 Å². The summed E-state index contributed by atoms with van der Waals surface area (Å²) in [5, 5.41) is 3.30. The third kappa shape index (κ3) is 3.56. The van der Waals surface area contributed by atoms with Gasteiger partial charge in [0.05, 0.1) is 17.8 Å². The zero-order valence-electron chi connectivity index (χ0n) is 10.5. The van der Waals surface area contributed by atoms with Crippen molar-refractivity contribution in [2.45, 2.75) is 0 Å². The Bertz CT molecular complexity index is 632. The molecule has 4 nitrogen and oxygen atoms in total. The molecule has 0 saturated heterocycles. The van der Waals surface area contributed by atoms with E-state index in [1.54, 1.807) is 30.3 Å². The lowest BCUT2D eigenvalue weighted by Crippen LogP contribution is -2.17. The van der Waals surface area contributed by atoms with Crippen LogP contribution in [0.2, 0.25) is 10.0 Å². The number of benzene rings is 2. The number of halogens is 2. The summed E-state index contributed by atoms with van der Waals surface area (Å²) >= 11 is 11.7. The van der Waals surface area contributed by atoms with Crippen LogP contribution in [0.15, 0.2) is 42.5 Å². The Hall–Kier alpha value is -1.91. The number of ether oxygens (including phenoxy) is 2. The fourth-order valence-corrected chi connectivity index (χ4v) is 1.99. The number of hydrogen-bond donors (Lipinski definition) is 1. The molecule has 0 saturated carbocycles. The highest BCUT2D eigenvalue weighted by Gasteiger charge is 2.11. The number of hydrogen-bond acceptors (Lipinski definition) is 3. The Balaban J connectivity index is 2.09. The number of methoxy groups -OCH3 is 1. The van der Waals surface area contributed by atoms with Crippen LogP contribution >= 0.6 is 23.2 Å². The minimum absolute atomic E-state index is 0.225. The predicted molar refractivity (Wildman–Crippen MR) is 79.1 cm³/mol. The molecule has 0 spiro atoms. The molecule has 0 atom stereocenters. The maximum absolute atomic E-state index is 11.8. The lowest BCUT2D eigenvalue weighted by atomic mass is 10.3. The van der Waals surface area contributed by atoms with Crippen molar-refractivity contribution >= 4 is 35.0 Å². The van der Waals surface area contributed by atoms with Crippen molar-refractivity contribution in [3.05, 3.63) is 52.5 Å². The average Bonchev–Trinajstić information content (AvgIpc) is 2.42. The molecular weight excluding hydrogens is 301 g/mol. The molecule has 2 rings (SSSR count). The van der Waals surface area contributed by atoms with Crippen LogP contribution in [0.25, 0.3) is 0 Å². The molecule has 0 aromatic heterocycles. The van der Waals surface area contributed by atoms with E-state index in [-0.39, 0.29) is 10.8 Å². The van der Waals surface area contributed by atoms with Gasteiger partial charge in [-0.15, -0.1) is 0 Å². The van der Waals surface area contributed by atoms with Crippen LogP contribution in [-0.2, 0) is 0 Å². The summed E-state index contributed by atoms with van der Waals surface area (Å²) < 4.78 is 10.2. The lowest BCUT2D eigenvalue weighted by Gasteiger charge is -2.10. The molecule has 104 valence electrons. The Kier molecular flexibility index (Phi) is 4.71. The number of carbonyl (C=O) groups is 1. The van der Waals surface area contributed by atoms with E-state index in [1.165, 1.54) is 19.2 Å². The topological polar surface area (TPSA) is 47.6 Å². The number of amides is 1. The molecule has 0 fully saturated rings. The molecule has 1 N–H and O–H groups in total. The summed E-state index contributed by atoms with van der Waals surface area (Å²) in [6, 6.07) is 11.6. The van der Waals surface area contributed by atoms with Crippen LogP contribution in [0.5, 0.6) is 11.5 Å². The predicted octanol–water partition coefficient (Wildman–Crippen LogP) is 4.61. The third-order valence-corrected chi connectivity index (χ3v) is 2.97. The fraction of sp³-hybridized carbons (Fsp3) is 0.0714. The molecule has 0 aliphatic heterocycles. The summed E-state index contributed by atoms with van der Waals surface area (Å²) in [5.41, 5.74) is 0.505. The van der Waals surface area contributed by atoms with E-state index in [4.69, 9.17) is 32.7 Å². The summed E-state index contributed by atoms with van der Waals surface area (Å²) in [7, 11) is 1.52. The van der Waals surface area contributed by atoms with Gasteiger partial charge in [0.15, 0.2) is 5.75 Å². The molecule has 2 aromatic rings. The smallest absolute Gasteiger partial charge is 0.417 e. The van der Waals surface area contributed by atoms with Gasteiger partial charge in [-0.3, -0.25) is 5.32 Å². The molecule has 1 amide bonds. The second kappa shape index (κ2) is 6.50. The second-order valence-corrected chi connectivity index (χ2v) is 4.63. The van der Waals surface area contributed by atoms with Gasteiger partial charge in [0, 0.05) is 5.02 Å². The summed E-state index contributed by atoms with van der Waals surface area (Å²) in [6.07, 6.45) is -0.668. The van der Waals surface area contributed by atoms with E-state index in [0.717, 1.165) is 0 Å². The Morgan fingerprint density at radius 2 is 1.85 bits per heavy atom. The highest BCUT2D eigenvalue weighted by atomic mass is 35.5. The summed E-state index contributed by atoms with van der Waals surface area (Å²) in [6.45, 7) is 0. The van der Waals surface area contributed by atoms with Gasteiger partial charge in [-0.25, -0.2) is 4.79 Å². The Labute approximate surface area is 126 Å². The van der Waals surface area contributed by atoms with Crippen LogP contribution in [0.3, 0.4) is 0 Å². The average molecular weight is 312 g/mol. The Morgan fingerprint density at radius 3 is 2.55 bits per heavy atom. The second-order valence-electron chi connectivity index (χ2n) is 3.79. The van der Waals surface area contributed by atoms with E-state index in [1.807, 2.05) is 0 Å². The maximum Gasteiger partial charge on any atom is 0.417 e. The highest BCUT2D eigenvalue weighted by Crippen LogP contribution is 2.28. The van der Waals surface area contributed by atoms with Crippen molar-refractivity contribution in [3.63, 3.8) is 0 Å². The van der Waals surface area contributed by atoms with Crippen molar-refractivity contribution in [1.29, 1.82) is 0 Å². The molecule has 0 bridgehead atoms. The number of rotatable bonds is 3. The molecule has 0 radical (unpaired) electrons. The molecule has 0 heterocycles. The van der Waals surface area contributed by atoms with Gasteiger partial charge in [-0.2, -0.15) is 0 Å². The van der Waals surface area contributed by atoms with E-state index in [9.17, 15) is 4.79 Å². The number of carbonyl (C=O) groups excluding carboxylic acids is 1. The molecule has 6 heteroatoms. The zero-order chi connectivity index (χ0) is 14.5. The van der Waals surface area contributed by atoms with E-state index < -0.39 is 6.09 Å². The summed E-state index contributed by atoms with van der Waals surface area (Å²) in [4.78, 5) is 11.8. The van der Waals surface area contributed by atoms with E-state index >= 15 is 0 Å². The first kappa shape index (κ1) is 14.5. The SMILES string of the molecule is COc1ccccc1NC(=O)Oc1ccc(Cl)cc1Cl. The number of anilines is 1. The van der Waals surface area contributed by atoms with Gasteiger partial charge in [-0.05, 0) is 30.3 Å². The largest absolute Gasteiger partial charge is 0.495 e. The van der Waals surface area contributed by atoms with Crippen LogP contribution in [0.1, 0.15) is 0 Å². The molecule has 2 aromatic carbocycles. The minimum Gasteiger partial charge on any atom is -0.495 e. The minimum atomic E-state index is -0.668. The third-order valence-electron chi connectivity index (χ3n) is 2.44. The molecular formula is C14H11Cl2NO3. The lowest BCUT2D eigenvalue weighted by molar-refractivity contribution is 0.215. The fourth-order valence-electron chi connectivity index (χ4n) is 1.54. The van der Waals surface area contributed by atoms with Gasteiger partial charge < -0.3 is 9.47 Å². The first-order valence-electron chi connectivity index (χ1n) is 5.67. The molecule has 20 heavy (non-hydrogen) atoms. The normalized spacial score (nSPS) is 9.95. The van der Waals surface area contributed by atoms with Gasteiger partial charge in [-0.1, -0.05) is 35.3 Å².